The molecule has 2 unspecified atom stereocenters. The summed E-state index contributed by atoms with van der Waals surface area (Å²) >= 11 is 0. The Kier molecular flexibility index (Phi) is 8.64. The van der Waals surface area contributed by atoms with E-state index in [0.29, 0.717) is 30.4 Å². The molecule has 2 aromatic heterocycles. The lowest BCUT2D eigenvalue weighted by atomic mass is 9.82. The summed E-state index contributed by atoms with van der Waals surface area (Å²) in [5.41, 5.74) is 6.26. The van der Waals surface area contributed by atoms with Crippen LogP contribution in [-0.4, -0.2) is 45.1 Å². The first-order chi connectivity index (χ1) is 19.7. The van der Waals surface area contributed by atoms with Crippen LogP contribution in [0.1, 0.15) is 88.4 Å². The zero-order chi connectivity index (χ0) is 29.3. The topological polar surface area (TPSA) is 84.8 Å². The standard InChI is InChI=1S/C34H43N3O4/c1-20(2)37(21(3)4)19-29-27(25-15-16-35-32(18-25)40-6)12-13-28(36-29)30-14-11-23-7-10-26(17-31(23)41-30)33(24-8-9-24)22(5)34(38)39/h7,10,12-13,15-18,20-22,24,30,33H,8-9,11,14,19H2,1-6H3,(H,38,39)/t22-,30?,33?/m0/s1. The Morgan fingerprint density at radius 3 is 2.46 bits per heavy atom. The number of rotatable bonds is 11. The van der Waals surface area contributed by atoms with Gasteiger partial charge in [-0.05, 0) is 100 Å². The molecule has 7 nitrogen and oxygen atoms in total. The Labute approximate surface area is 243 Å². The van der Waals surface area contributed by atoms with Crippen molar-refractivity contribution in [2.45, 2.75) is 91.0 Å². The van der Waals surface area contributed by atoms with E-state index in [0.717, 1.165) is 59.5 Å². The van der Waals surface area contributed by atoms with Crippen LogP contribution in [0.3, 0.4) is 0 Å². The lowest BCUT2D eigenvalue weighted by molar-refractivity contribution is -0.142. The quantitative estimate of drug-likeness (QED) is 0.270. The van der Waals surface area contributed by atoms with Crippen molar-refractivity contribution in [1.82, 2.24) is 14.9 Å². The number of pyridine rings is 2. The van der Waals surface area contributed by atoms with Gasteiger partial charge in [-0.15, -0.1) is 0 Å². The fraction of sp³-hybridized carbons (Fsp3) is 0.500. The van der Waals surface area contributed by atoms with E-state index in [1.807, 2.05) is 19.1 Å². The van der Waals surface area contributed by atoms with Crippen LogP contribution in [-0.2, 0) is 17.8 Å². The van der Waals surface area contributed by atoms with Crippen LogP contribution < -0.4 is 9.47 Å². The van der Waals surface area contributed by atoms with Gasteiger partial charge in [-0.25, -0.2) is 4.98 Å². The van der Waals surface area contributed by atoms with Crippen molar-refractivity contribution >= 4 is 5.97 Å². The number of hydrogen-bond donors (Lipinski definition) is 1. The lowest BCUT2D eigenvalue weighted by Gasteiger charge is -2.32. The van der Waals surface area contributed by atoms with Gasteiger partial charge in [0.2, 0.25) is 5.88 Å². The molecule has 7 heteroatoms. The van der Waals surface area contributed by atoms with Gasteiger partial charge in [0.05, 0.1) is 24.4 Å². The SMILES string of the molecule is COc1cc(-c2ccc(C3CCc4ccc(C(C5CC5)[C@H](C)C(=O)O)cc4O3)nc2CN(C(C)C)C(C)C)ccn1. The van der Waals surface area contributed by atoms with E-state index in [1.54, 1.807) is 13.3 Å². The number of hydrogen-bond acceptors (Lipinski definition) is 6. The zero-order valence-corrected chi connectivity index (χ0v) is 25.1. The molecule has 3 heterocycles. The average molecular weight is 558 g/mol. The molecule has 5 rings (SSSR count). The van der Waals surface area contributed by atoms with Gasteiger partial charge in [0.25, 0.3) is 0 Å². The van der Waals surface area contributed by atoms with Crippen molar-refractivity contribution in [2.75, 3.05) is 7.11 Å². The summed E-state index contributed by atoms with van der Waals surface area (Å²) in [6.45, 7) is 11.4. The van der Waals surface area contributed by atoms with Crippen molar-refractivity contribution < 1.29 is 19.4 Å². The second kappa shape index (κ2) is 12.2. The van der Waals surface area contributed by atoms with Crippen LogP contribution in [0.5, 0.6) is 11.6 Å². The molecule has 0 saturated heterocycles. The highest BCUT2D eigenvalue weighted by molar-refractivity contribution is 5.71. The fourth-order valence-electron chi connectivity index (χ4n) is 6.28. The fourth-order valence-corrected chi connectivity index (χ4v) is 6.28. The Bertz CT molecular complexity index is 1380. The lowest BCUT2D eigenvalue weighted by Crippen LogP contribution is -2.36. The second-order valence-corrected chi connectivity index (χ2v) is 12.2. The maximum atomic E-state index is 11.9. The first-order valence-corrected chi connectivity index (χ1v) is 14.9. The summed E-state index contributed by atoms with van der Waals surface area (Å²) in [6.07, 6.45) is 5.53. The van der Waals surface area contributed by atoms with Crippen LogP contribution in [0.25, 0.3) is 11.1 Å². The normalized spacial score (nSPS) is 18.2. The molecule has 1 aliphatic carbocycles. The minimum atomic E-state index is -0.737. The van der Waals surface area contributed by atoms with Gasteiger partial charge in [-0.2, -0.15) is 0 Å². The van der Waals surface area contributed by atoms with E-state index in [4.69, 9.17) is 14.5 Å². The van der Waals surface area contributed by atoms with Crippen LogP contribution in [0.2, 0.25) is 0 Å². The third-order valence-corrected chi connectivity index (χ3v) is 8.72. The van der Waals surface area contributed by atoms with Crippen molar-refractivity contribution in [1.29, 1.82) is 0 Å². The summed E-state index contributed by atoms with van der Waals surface area (Å²) in [4.78, 5) is 23.9. The number of methoxy groups -OCH3 is 1. The van der Waals surface area contributed by atoms with Gasteiger partial charge in [0, 0.05) is 36.5 Å². The number of carboxylic acid groups (broad SMARTS) is 1. The first-order valence-electron chi connectivity index (χ1n) is 14.9. The number of fused-ring (bicyclic) bond motifs is 1. The molecule has 218 valence electrons. The van der Waals surface area contributed by atoms with Gasteiger partial charge < -0.3 is 14.6 Å². The molecule has 0 spiro atoms. The smallest absolute Gasteiger partial charge is 0.306 e. The predicted octanol–water partition coefficient (Wildman–Crippen LogP) is 7.05. The van der Waals surface area contributed by atoms with E-state index in [9.17, 15) is 9.90 Å². The predicted molar refractivity (Wildman–Crippen MR) is 160 cm³/mol. The molecule has 3 aromatic rings. The third-order valence-electron chi connectivity index (χ3n) is 8.72. The van der Waals surface area contributed by atoms with Crippen LogP contribution in [0.15, 0.2) is 48.7 Å². The highest BCUT2D eigenvalue weighted by Crippen LogP contribution is 2.48. The Morgan fingerprint density at radius 1 is 1.05 bits per heavy atom. The number of aromatic nitrogens is 2. The summed E-state index contributed by atoms with van der Waals surface area (Å²) in [6, 6.07) is 15.3. The van der Waals surface area contributed by atoms with E-state index in [1.165, 1.54) is 5.56 Å². The number of carbonyl (C=O) groups is 1. The second-order valence-electron chi connectivity index (χ2n) is 12.2. The summed E-state index contributed by atoms with van der Waals surface area (Å²) in [7, 11) is 1.63. The van der Waals surface area contributed by atoms with Gasteiger partial charge in [0.1, 0.15) is 11.9 Å². The number of aryl methyl sites for hydroxylation is 1. The van der Waals surface area contributed by atoms with E-state index >= 15 is 0 Å². The molecule has 0 amide bonds. The molecule has 2 aliphatic rings. The molecule has 1 saturated carbocycles. The average Bonchev–Trinajstić information content (AvgIpc) is 3.80. The van der Waals surface area contributed by atoms with Gasteiger partial charge in [0.15, 0.2) is 0 Å². The molecule has 0 bridgehead atoms. The van der Waals surface area contributed by atoms with E-state index in [2.05, 4.69) is 67.9 Å². The molecule has 1 aromatic carbocycles. The number of nitrogens with zero attached hydrogens (tertiary/aromatic N) is 3. The third kappa shape index (κ3) is 6.40. The summed E-state index contributed by atoms with van der Waals surface area (Å²) in [5, 5.41) is 9.76. The van der Waals surface area contributed by atoms with Gasteiger partial charge in [-0.1, -0.05) is 25.1 Å². The van der Waals surface area contributed by atoms with Crippen molar-refractivity contribution in [3.8, 4) is 22.8 Å². The van der Waals surface area contributed by atoms with Gasteiger partial charge >= 0.3 is 5.97 Å². The Morgan fingerprint density at radius 2 is 1.80 bits per heavy atom. The van der Waals surface area contributed by atoms with Gasteiger partial charge in [-0.3, -0.25) is 14.7 Å². The summed E-state index contributed by atoms with van der Waals surface area (Å²) < 4.78 is 12.0. The van der Waals surface area contributed by atoms with E-state index < -0.39 is 11.9 Å². The number of aliphatic carboxylic acids is 1. The minimum absolute atomic E-state index is 0.0150. The zero-order valence-electron chi connectivity index (χ0n) is 25.1. The summed E-state index contributed by atoms with van der Waals surface area (Å²) in [5.74, 6) is 0.728. The maximum absolute atomic E-state index is 11.9. The minimum Gasteiger partial charge on any atom is -0.484 e. The molecule has 1 fully saturated rings. The highest BCUT2D eigenvalue weighted by atomic mass is 16.5. The highest BCUT2D eigenvalue weighted by Gasteiger charge is 2.39. The van der Waals surface area contributed by atoms with Crippen molar-refractivity contribution in [3.05, 3.63) is 71.2 Å². The van der Waals surface area contributed by atoms with Crippen molar-refractivity contribution in [3.63, 3.8) is 0 Å². The molecule has 3 atom stereocenters. The molecule has 1 aliphatic heterocycles. The number of ether oxygens (including phenoxy) is 2. The Hall–Kier alpha value is -3.45. The molecular weight excluding hydrogens is 514 g/mol. The van der Waals surface area contributed by atoms with Crippen molar-refractivity contribution in [2.24, 2.45) is 11.8 Å². The van der Waals surface area contributed by atoms with Crippen LogP contribution >= 0.6 is 0 Å². The largest absolute Gasteiger partial charge is 0.484 e. The number of benzene rings is 1. The van der Waals surface area contributed by atoms with Crippen LogP contribution in [0, 0.1) is 11.8 Å². The molecule has 1 N–H and O–H groups in total. The first kappa shape index (κ1) is 29.1. The number of carboxylic acids is 1. The monoisotopic (exact) mass is 557 g/mol. The molecule has 41 heavy (non-hydrogen) atoms. The molecular formula is C34H43N3O4. The Balaban J connectivity index is 1.47. The molecule has 0 radical (unpaired) electrons. The van der Waals surface area contributed by atoms with E-state index in [-0.39, 0.29) is 12.0 Å². The van der Waals surface area contributed by atoms with Crippen LogP contribution in [0.4, 0.5) is 0 Å². The maximum Gasteiger partial charge on any atom is 0.306 e.